The maximum atomic E-state index is 4.26. The summed E-state index contributed by atoms with van der Waals surface area (Å²) >= 11 is 0. The van der Waals surface area contributed by atoms with Crippen LogP contribution in [0.4, 0.5) is 0 Å². The summed E-state index contributed by atoms with van der Waals surface area (Å²) in [6.07, 6.45) is 7.86. The molecule has 0 amide bonds. The van der Waals surface area contributed by atoms with Crippen LogP contribution in [-0.4, -0.2) is 12.8 Å². The van der Waals surface area contributed by atoms with E-state index in [1.165, 1.54) is 18.4 Å². The number of hydrogen-bond acceptors (Lipinski definition) is 1. The molecule has 0 aromatic carbocycles. The zero-order valence-corrected chi connectivity index (χ0v) is 6.71. The standard InChI is InChI=1S/C10H13N/c1-8-6-10(9-2-3-9)4-5-11-7-8/h2,7,10H,1,3-6H2. The molecule has 0 aromatic rings. The lowest BCUT2D eigenvalue weighted by molar-refractivity contribution is 0.593. The van der Waals surface area contributed by atoms with Gasteiger partial charge in [-0.15, -0.1) is 0 Å². The Morgan fingerprint density at radius 3 is 3.09 bits per heavy atom. The fraction of sp³-hybridized carbons (Fsp3) is 0.500. The van der Waals surface area contributed by atoms with Gasteiger partial charge in [-0.3, -0.25) is 4.99 Å². The van der Waals surface area contributed by atoms with E-state index >= 15 is 0 Å². The third-order valence-corrected chi connectivity index (χ3v) is 2.35. The predicted molar refractivity (Wildman–Crippen MR) is 47.9 cm³/mol. The highest BCUT2D eigenvalue weighted by Crippen LogP contribution is 2.34. The van der Waals surface area contributed by atoms with Gasteiger partial charge in [-0.25, -0.2) is 0 Å². The topological polar surface area (TPSA) is 12.4 Å². The molecule has 1 aliphatic carbocycles. The molecular weight excluding hydrogens is 134 g/mol. The predicted octanol–water partition coefficient (Wildman–Crippen LogP) is 2.35. The minimum Gasteiger partial charge on any atom is -0.293 e. The van der Waals surface area contributed by atoms with Crippen LogP contribution in [0.2, 0.25) is 0 Å². The van der Waals surface area contributed by atoms with Crippen LogP contribution in [0.5, 0.6) is 0 Å². The molecule has 0 saturated carbocycles. The van der Waals surface area contributed by atoms with Crippen molar-refractivity contribution in [2.45, 2.75) is 19.3 Å². The fourth-order valence-electron chi connectivity index (χ4n) is 1.60. The molecule has 58 valence electrons. The minimum absolute atomic E-state index is 0.769. The van der Waals surface area contributed by atoms with Crippen molar-refractivity contribution in [3.8, 4) is 0 Å². The van der Waals surface area contributed by atoms with E-state index in [1.807, 2.05) is 6.21 Å². The molecule has 1 atom stereocenters. The van der Waals surface area contributed by atoms with Gasteiger partial charge in [0.15, 0.2) is 0 Å². The van der Waals surface area contributed by atoms with Crippen LogP contribution in [0.25, 0.3) is 0 Å². The molecule has 2 rings (SSSR count). The Bertz CT molecular complexity index is 235. The lowest BCUT2D eigenvalue weighted by Gasteiger charge is -2.08. The number of hydrogen-bond donors (Lipinski definition) is 0. The third-order valence-electron chi connectivity index (χ3n) is 2.35. The van der Waals surface area contributed by atoms with Crippen molar-refractivity contribution >= 4 is 6.21 Å². The molecule has 0 fully saturated rings. The Kier molecular flexibility index (Phi) is 1.65. The van der Waals surface area contributed by atoms with E-state index in [1.54, 1.807) is 5.57 Å². The van der Waals surface area contributed by atoms with Crippen molar-refractivity contribution in [1.29, 1.82) is 0 Å². The molecule has 0 bridgehead atoms. The van der Waals surface area contributed by atoms with Gasteiger partial charge < -0.3 is 0 Å². The van der Waals surface area contributed by atoms with Gasteiger partial charge in [-0.1, -0.05) is 18.2 Å². The summed E-state index contributed by atoms with van der Waals surface area (Å²) in [4.78, 5) is 4.26. The molecule has 11 heavy (non-hydrogen) atoms. The summed E-state index contributed by atoms with van der Waals surface area (Å²) in [6, 6.07) is 0. The molecule has 1 nitrogen and oxygen atoms in total. The first-order chi connectivity index (χ1) is 5.36. The van der Waals surface area contributed by atoms with Crippen molar-refractivity contribution < 1.29 is 0 Å². The Morgan fingerprint density at radius 2 is 2.36 bits per heavy atom. The van der Waals surface area contributed by atoms with Gasteiger partial charge in [-0.05, 0) is 30.8 Å². The molecule has 2 aliphatic rings. The smallest absolute Gasteiger partial charge is 0.0395 e. The molecule has 1 aliphatic heterocycles. The normalized spacial score (nSPS) is 29.6. The van der Waals surface area contributed by atoms with E-state index in [0.717, 1.165) is 18.9 Å². The van der Waals surface area contributed by atoms with Crippen molar-refractivity contribution in [3.05, 3.63) is 23.8 Å². The fourth-order valence-corrected chi connectivity index (χ4v) is 1.60. The SMILES string of the molecule is C=C1C=NCCC(C2=CC2)C1. The van der Waals surface area contributed by atoms with E-state index in [0.29, 0.717) is 0 Å². The first-order valence-corrected chi connectivity index (χ1v) is 4.23. The number of nitrogens with zero attached hydrogens (tertiary/aromatic N) is 1. The lowest BCUT2D eigenvalue weighted by Crippen LogP contribution is -1.99. The average Bonchev–Trinajstić information content (AvgIpc) is 2.71. The van der Waals surface area contributed by atoms with Crippen LogP contribution in [0.15, 0.2) is 28.8 Å². The highest BCUT2D eigenvalue weighted by atomic mass is 14.7. The second-order valence-corrected chi connectivity index (χ2v) is 3.37. The molecule has 0 aromatic heterocycles. The van der Waals surface area contributed by atoms with Crippen LogP contribution in [0.3, 0.4) is 0 Å². The molecule has 0 saturated heterocycles. The largest absolute Gasteiger partial charge is 0.293 e. The van der Waals surface area contributed by atoms with Crippen LogP contribution >= 0.6 is 0 Å². The Hall–Kier alpha value is -0.850. The monoisotopic (exact) mass is 147 g/mol. The lowest BCUT2D eigenvalue weighted by atomic mass is 9.96. The highest BCUT2D eigenvalue weighted by molar-refractivity contribution is 5.78. The molecule has 0 spiro atoms. The maximum absolute atomic E-state index is 4.26. The average molecular weight is 147 g/mol. The van der Waals surface area contributed by atoms with Gasteiger partial charge in [0.05, 0.1) is 0 Å². The van der Waals surface area contributed by atoms with Gasteiger partial charge in [0.1, 0.15) is 0 Å². The molecule has 1 heterocycles. The summed E-state index contributed by atoms with van der Waals surface area (Å²) in [5.74, 6) is 0.769. The summed E-state index contributed by atoms with van der Waals surface area (Å²) < 4.78 is 0. The first kappa shape index (κ1) is 6.84. The van der Waals surface area contributed by atoms with Gasteiger partial charge in [0, 0.05) is 12.8 Å². The van der Waals surface area contributed by atoms with E-state index in [9.17, 15) is 0 Å². The van der Waals surface area contributed by atoms with E-state index in [2.05, 4.69) is 17.6 Å². The quantitative estimate of drug-likeness (QED) is 0.505. The van der Waals surface area contributed by atoms with Crippen molar-refractivity contribution in [1.82, 2.24) is 0 Å². The van der Waals surface area contributed by atoms with E-state index < -0.39 is 0 Å². The first-order valence-electron chi connectivity index (χ1n) is 4.23. The van der Waals surface area contributed by atoms with Crippen LogP contribution in [-0.2, 0) is 0 Å². The van der Waals surface area contributed by atoms with Gasteiger partial charge in [-0.2, -0.15) is 0 Å². The van der Waals surface area contributed by atoms with E-state index in [4.69, 9.17) is 0 Å². The van der Waals surface area contributed by atoms with Crippen molar-refractivity contribution in [3.63, 3.8) is 0 Å². The zero-order valence-electron chi connectivity index (χ0n) is 6.71. The Morgan fingerprint density at radius 1 is 1.55 bits per heavy atom. The molecule has 1 heteroatoms. The van der Waals surface area contributed by atoms with E-state index in [-0.39, 0.29) is 0 Å². The third kappa shape index (κ3) is 1.59. The Balaban J connectivity index is 2.02. The molecular formula is C10H13N. The van der Waals surface area contributed by atoms with Crippen LogP contribution < -0.4 is 0 Å². The summed E-state index contributed by atoms with van der Waals surface area (Å²) in [5.41, 5.74) is 2.83. The number of allylic oxidation sites excluding steroid dienone is 3. The van der Waals surface area contributed by atoms with Crippen LogP contribution in [0, 0.1) is 5.92 Å². The highest BCUT2D eigenvalue weighted by Gasteiger charge is 2.21. The van der Waals surface area contributed by atoms with Gasteiger partial charge in [0.2, 0.25) is 0 Å². The maximum Gasteiger partial charge on any atom is 0.0395 e. The second-order valence-electron chi connectivity index (χ2n) is 3.37. The van der Waals surface area contributed by atoms with Crippen LogP contribution in [0.1, 0.15) is 19.3 Å². The summed E-state index contributed by atoms with van der Waals surface area (Å²) in [7, 11) is 0. The van der Waals surface area contributed by atoms with Crippen molar-refractivity contribution in [2.24, 2.45) is 10.9 Å². The van der Waals surface area contributed by atoms with Crippen molar-refractivity contribution in [2.75, 3.05) is 6.54 Å². The molecule has 0 N–H and O–H groups in total. The number of aliphatic imine (C=N–C) groups is 1. The zero-order chi connectivity index (χ0) is 7.68. The molecule has 0 radical (unpaired) electrons. The van der Waals surface area contributed by atoms with Gasteiger partial charge >= 0.3 is 0 Å². The van der Waals surface area contributed by atoms with Gasteiger partial charge in [0.25, 0.3) is 0 Å². The minimum atomic E-state index is 0.769. The summed E-state index contributed by atoms with van der Waals surface area (Å²) in [6.45, 7) is 4.95. The number of rotatable bonds is 1. The Labute approximate surface area is 67.5 Å². The second kappa shape index (κ2) is 2.65. The molecule has 1 unspecified atom stereocenters. The summed E-state index contributed by atoms with van der Waals surface area (Å²) in [5, 5.41) is 0.